The molecular weight excluding hydrogens is 268 g/mol. The van der Waals surface area contributed by atoms with E-state index in [4.69, 9.17) is 0 Å². The molecule has 2 atom stereocenters. The number of carboxylic acid groups (broad SMARTS) is 1. The number of carbonyl (C=O) groups excluding carboxylic acids is 1. The van der Waals surface area contributed by atoms with Gasteiger partial charge in [-0.15, -0.1) is 0 Å². The molecule has 0 aromatic heterocycles. The van der Waals surface area contributed by atoms with Crippen LogP contribution >= 0.6 is 0 Å². The van der Waals surface area contributed by atoms with E-state index in [1.807, 2.05) is 39.5 Å². The summed E-state index contributed by atoms with van der Waals surface area (Å²) in [5.41, 5.74) is -0.928. The van der Waals surface area contributed by atoms with Crippen LogP contribution in [0, 0.1) is 5.41 Å². The molecule has 0 aliphatic carbocycles. The predicted octanol–water partition coefficient (Wildman–Crippen LogP) is 2.26. The highest BCUT2D eigenvalue weighted by molar-refractivity contribution is 5.82. The Morgan fingerprint density at radius 1 is 1.38 bits per heavy atom. The molecule has 5 nitrogen and oxygen atoms in total. The number of amides is 1. The van der Waals surface area contributed by atoms with E-state index in [9.17, 15) is 14.7 Å². The molecule has 122 valence electrons. The Hall–Kier alpha value is -1.10. The molecule has 1 rings (SSSR count). The minimum atomic E-state index is -0.740. The maximum atomic E-state index is 12.4. The fraction of sp³-hybridized carbons (Fsp3) is 0.875. The first-order chi connectivity index (χ1) is 9.67. The van der Waals surface area contributed by atoms with Crippen LogP contribution in [0.25, 0.3) is 0 Å². The van der Waals surface area contributed by atoms with Crippen molar-refractivity contribution in [1.29, 1.82) is 0 Å². The SMILES string of the molecule is CCC(C)(C)NC(=O)C(C)N1CCCC(CC)(C(=O)O)C1. The summed E-state index contributed by atoms with van der Waals surface area (Å²) in [7, 11) is 0. The molecule has 1 saturated heterocycles. The maximum Gasteiger partial charge on any atom is 0.310 e. The number of likely N-dealkylation sites (tertiary alicyclic amines) is 1. The number of rotatable bonds is 6. The largest absolute Gasteiger partial charge is 0.481 e. The Morgan fingerprint density at radius 3 is 2.48 bits per heavy atom. The zero-order valence-corrected chi connectivity index (χ0v) is 14.0. The van der Waals surface area contributed by atoms with Crippen molar-refractivity contribution in [2.75, 3.05) is 13.1 Å². The average Bonchev–Trinajstić information content (AvgIpc) is 2.45. The monoisotopic (exact) mass is 298 g/mol. The topological polar surface area (TPSA) is 69.6 Å². The lowest BCUT2D eigenvalue weighted by atomic mass is 9.77. The van der Waals surface area contributed by atoms with Crippen LogP contribution in [0.2, 0.25) is 0 Å². The van der Waals surface area contributed by atoms with Gasteiger partial charge in [0.05, 0.1) is 11.5 Å². The minimum absolute atomic E-state index is 0.0147. The van der Waals surface area contributed by atoms with Gasteiger partial charge in [0.25, 0.3) is 0 Å². The van der Waals surface area contributed by atoms with Gasteiger partial charge in [0.2, 0.25) is 5.91 Å². The Balaban J connectivity index is 2.76. The second kappa shape index (κ2) is 6.77. The van der Waals surface area contributed by atoms with E-state index in [1.54, 1.807) is 0 Å². The molecule has 5 heteroatoms. The third-order valence-corrected chi connectivity index (χ3v) is 5.01. The summed E-state index contributed by atoms with van der Waals surface area (Å²) in [6.07, 6.45) is 2.99. The van der Waals surface area contributed by atoms with E-state index in [0.29, 0.717) is 19.4 Å². The Morgan fingerprint density at radius 2 is 2.00 bits per heavy atom. The van der Waals surface area contributed by atoms with E-state index in [2.05, 4.69) is 5.32 Å². The highest BCUT2D eigenvalue weighted by Gasteiger charge is 2.42. The van der Waals surface area contributed by atoms with Crippen molar-refractivity contribution in [3.05, 3.63) is 0 Å². The van der Waals surface area contributed by atoms with Crippen LogP contribution in [0.15, 0.2) is 0 Å². The summed E-state index contributed by atoms with van der Waals surface area (Å²) >= 11 is 0. The van der Waals surface area contributed by atoms with Crippen LogP contribution in [0.4, 0.5) is 0 Å². The number of carboxylic acids is 1. The number of aliphatic carboxylic acids is 1. The fourth-order valence-corrected chi connectivity index (χ4v) is 2.80. The number of piperidine rings is 1. The maximum absolute atomic E-state index is 12.4. The molecular formula is C16H30N2O3. The van der Waals surface area contributed by atoms with Gasteiger partial charge in [-0.3, -0.25) is 14.5 Å². The van der Waals surface area contributed by atoms with Crippen LogP contribution in [-0.2, 0) is 9.59 Å². The first kappa shape index (κ1) is 18.0. The molecule has 2 unspecified atom stereocenters. The summed E-state index contributed by atoms with van der Waals surface area (Å²) in [6, 6.07) is -0.290. The van der Waals surface area contributed by atoms with E-state index in [0.717, 1.165) is 19.4 Å². The molecule has 0 radical (unpaired) electrons. The smallest absolute Gasteiger partial charge is 0.310 e. The van der Waals surface area contributed by atoms with Crippen LogP contribution in [0.1, 0.15) is 60.3 Å². The molecule has 0 aromatic carbocycles. The average molecular weight is 298 g/mol. The van der Waals surface area contributed by atoms with Crippen molar-refractivity contribution in [2.45, 2.75) is 71.9 Å². The van der Waals surface area contributed by atoms with Crippen molar-refractivity contribution >= 4 is 11.9 Å². The standard InChI is InChI=1S/C16H30N2O3/c1-6-15(4,5)17-13(19)12(3)18-10-8-9-16(7-2,11-18)14(20)21/h12H,6-11H2,1-5H3,(H,17,19)(H,20,21). The predicted molar refractivity (Wildman–Crippen MR) is 83.1 cm³/mol. The summed E-state index contributed by atoms with van der Waals surface area (Å²) in [5.74, 6) is -0.754. The molecule has 2 N–H and O–H groups in total. The molecule has 0 bridgehead atoms. The van der Waals surface area contributed by atoms with Gasteiger partial charge in [0.1, 0.15) is 0 Å². The van der Waals surface area contributed by atoms with E-state index < -0.39 is 11.4 Å². The first-order valence-corrected chi connectivity index (χ1v) is 7.97. The second-order valence-corrected chi connectivity index (χ2v) is 6.92. The number of carbonyl (C=O) groups is 2. The van der Waals surface area contributed by atoms with E-state index >= 15 is 0 Å². The van der Waals surface area contributed by atoms with Gasteiger partial charge >= 0.3 is 5.97 Å². The molecule has 21 heavy (non-hydrogen) atoms. The summed E-state index contributed by atoms with van der Waals surface area (Å²) in [5, 5.41) is 12.6. The van der Waals surface area contributed by atoms with Crippen molar-refractivity contribution in [1.82, 2.24) is 10.2 Å². The molecule has 1 aliphatic rings. The van der Waals surface area contributed by atoms with Gasteiger partial charge in [0, 0.05) is 12.1 Å². The van der Waals surface area contributed by atoms with Crippen LogP contribution in [-0.4, -0.2) is 46.6 Å². The lowest BCUT2D eigenvalue weighted by molar-refractivity contribution is -0.154. The van der Waals surface area contributed by atoms with Gasteiger partial charge in [-0.25, -0.2) is 0 Å². The Bertz CT molecular complexity index is 395. The fourth-order valence-electron chi connectivity index (χ4n) is 2.80. The molecule has 1 amide bonds. The zero-order chi connectivity index (χ0) is 16.3. The first-order valence-electron chi connectivity index (χ1n) is 7.97. The van der Waals surface area contributed by atoms with Crippen LogP contribution < -0.4 is 5.32 Å². The quantitative estimate of drug-likeness (QED) is 0.789. The molecule has 1 aliphatic heterocycles. The van der Waals surface area contributed by atoms with Gasteiger partial charge in [-0.2, -0.15) is 0 Å². The zero-order valence-electron chi connectivity index (χ0n) is 14.0. The molecule has 0 aromatic rings. The lowest BCUT2D eigenvalue weighted by Gasteiger charge is -2.42. The van der Waals surface area contributed by atoms with Crippen molar-refractivity contribution < 1.29 is 14.7 Å². The van der Waals surface area contributed by atoms with Crippen molar-refractivity contribution in [3.8, 4) is 0 Å². The second-order valence-electron chi connectivity index (χ2n) is 6.92. The Kier molecular flexibility index (Phi) is 5.79. The van der Waals surface area contributed by atoms with Crippen LogP contribution in [0.3, 0.4) is 0 Å². The van der Waals surface area contributed by atoms with E-state index in [1.165, 1.54) is 0 Å². The summed E-state index contributed by atoms with van der Waals surface area (Å²) in [6.45, 7) is 11.1. The normalized spacial score (nSPS) is 25.4. The number of hydrogen-bond donors (Lipinski definition) is 2. The highest BCUT2D eigenvalue weighted by Crippen LogP contribution is 2.34. The van der Waals surface area contributed by atoms with Crippen molar-refractivity contribution in [2.24, 2.45) is 5.41 Å². The van der Waals surface area contributed by atoms with Crippen molar-refractivity contribution in [3.63, 3.8) is 0 Å². The van der Waals surface area contributed by atoms with Gasteiger partial charge in [0.15, 0.2) is 0 Å². The third-order valence-electron chi connectivity index (χ3n) is 5.01. The molecule has 1 fully saturated rings. The van der Waals surface area contributed by atoms with Crippen LogP contribution in [0.5, 0.6) is 0 Å². The molecule has 0 spiro atoms. The summed E-state index contributed by atoms with van der Waals surface area (Å²) < 4.78 is 0. The number of nitrogens with zero attached hydrogens (tertiary/aromatic N) is 1. The highest BCUT2D eigenvalue weighted by atomic mass is 16.4. The molecule has 1 heterocycles. The summed E-state index contributed by atoms with van der Waals surface area (Å²) in [4.78, 5) is 26.0. The molecule has 0 saturated carbocycles. The third kappa shape index (κ3) is 4.19. The minimum Gasteiger partial charge on any atom is -0.481 e. The number of hydrogen-bond acceptors (Lipinski definition) is 3. The Labute approximate surface area is 128 Å². The van der Waals surface area contributed by atoms with Gasteiger partial charge in [-0.1, -0.05) is 13.8 Å². The van der Waals surface area contributed by atoms with Gasteiger partial charge < -0.3 is 10.4 Å². The van der Waals surface area contributed by atoms with E-state index in [-0.39, 0.29) is 17.5 Å². The lowest BCUT2D eigenvalue weighted by Crippen LogP contribution is -2.56. The van der Waals surface area contributed by atoms with Gasteiger partial charge in [-0.05, 0) is 53.0 Å². The number of nitrogens with one attached hydrogen (secondary N) is 1.